The summed E-state index contributed by atoms with van der Waals surface area (Å²) < 4.78 is 10.7. The summed E-state index contributed by atoms with van der Waals surface area (Å²) in [5.74, 6) is 1.14. The molecule has 2 heterocycles. The zero-order chi connectivity index (χ0) is 20.1. The molecule has 6 heteroatoms. The molecule has 0 saturated carbocycles. The number of carbonyl (C=O) groups is 1. The molecule has 0 spiro atoms. The van der Waals surface area contributed by atoms with Crippen molar-refractivity contribution < 1.29 is 14.3 Å². The minimum atomic E-state index is -0.136. The topological polar surface area (TPSA) is 71.6 Å². The monoisotopic (exact) mass is 384 g/mol. The number of methoxy groups -OCH3 is 1. The second-order valence-corrected chi connectivity index (χ2v) is 7.52. The number of aromatic nitrogens is 1. The number of aromatic amines is 1. The summed E-state index contributed by atoms with van der Waals surface area (Å²) in [4.78, 5) is 30.3. The van der Waals surface area contributed by atoms with E-state index in [-0.39, 0.29) is 23.2 Å². The van der Waals surface area contributed by atoms with Gasteiger partial charge in [0.2, 0.25) is 5.43 Å². The van der Waals surface area contributed by atoms with Gasteiger partial charge in [-0.2, -0.15) is 0 Å². The van der Waals surface area contributed by atoms with E-state index in [1.807, 2.05) is 38.1 Å². The molecule has 1 fully saturated rings. The first-order valence-corrected chi connectivity index (χ1v) is 9.75. The third kappa shape index (κ3) is 5.01. The zero-order valence-corrected chi connectivity index (χ0v) is 16.7. The van der Waals surface area contributed by atoms with Crippen molar-refractivity contribution in [1.82, 2.24) is 9.88 Å². The summed E-state index contributed by atoms with van der Waals surface area (Å²) >= 11 is 0. The Morgan fingerprint density at radius 2 is 2.14 bits per heavy atom. The first-order valence-electron chi connectivity index (χ1n) is 9.75. The van der Waals surface area contributed by atoms with Crippen molar-refractivity contribution in [1.29, 1.82) is 0 Å². The average Bonchev–Trinajstić information content (AvgIpc) is 2.67. The van der Waals surface area contributed by atoms with Crippen molar-refractivity contribution in [2.45, 2.75) is 39.3 Å². The normalized spacial score (nSPS) is 17.5. The van der Waals surface area contributed by atoms with E-state index in [1.54, 1.807) is 12.3 Å². The summed E-state index contributed by atoms with van der Waals surface area (Å²) in [5.41, 5.74) is 1.39. The van der Waals surface area contributed by atoms with Gasteiger partial charge in [0.15, 0.2) is 11.5 Å². The average molecular weight is 384 g/mol. The Morgan fingerprint density at radius 3 is 2.86 bits per heavy atom. The van der Waals surface area contributed by atoms with Gasteiger partial charge in [-0.15, -0.1) is 0 Å². The number of ether oxygens (including phenoxy) is 2. The highest BCUT2D eigenvalue weighted by Crippen LogP contribution is 2.24. The van der Waals surface area contributed by atoms with E-state index in [2.05, 4.69) is 9.88 Å². The highest BCUT2D eigenvalue weighted by atomic mass is 16.5. The summed E-state index contributed by atoms with van der Waals surface area (Å²) in [6.07, 6.45) is 3.50. The van der Waals surface area contributed by atoms with E-state index in [0.717, 1.165) is 30.8 Å². The molecule has 0 aliphatic carbocycles. The number of carbonyl (C=O) groups excluding carboxylic acids is 1. The van der Waals surface area contributed by atoms with Gasteiger partial charge in [0.1, 0.15) is 5.75 Å². The molecule has 150 valence electrons. The van der Waals surface area contributed by atoms with Gasteiger partial charge in [-0.25, -0.2) is 0 Å². The number of hydrogen-bond acceptors (Lipinski definition) is 5. The first-order chi connectivity index (χ1) is 13.5. The van der Waals surface area contributed by atoms with Crippen LogP contribution in [0.1, 0.15) is 42.7 Å². The molecule has 1 saturated heterocycles. The van der Waals surface area contributed by atoms with Gasteiger partial charge in [0.25, 0.3) is 0 Å². The minimum absolute atomic E-state index is 0.0481. The number of nitrogens with zero attached hydrogens (tertiary/aromatic N) is 1. The maximum Gasteiger partial charge on any atom is 0.223 e. The number of benzene rings is 1. The Kier molecular flexibility index (Phi) is 6.52. The number of nitrogens with one attached hydrogen (secondary N) is 1. The largest absolute Gasteiger partial charge is 0.491 e. The predicted molar refractivity (Wildman–Crippen MR) is 108 cm³/mol. The molecule has 0 bridgehead atoms. The summed E-state index contributed by atoms with van der Waals surface area (Å²) in [6.45, 7) is 6.14. The van der Waals surface area contributed by atoms with Crippen LogP contribution < -0.4 is 14.9 Å². The van der Waals surface area contributed by atoms with Crippen LogP contribution in [0, 0.1) is 5.92 Å². The molecule has 1 N–H and O–H groups in total. The smallest absolute Gasteiger partial charge is 0.223 e. The van der Waals surface area contributed by atoms with E-state index >= 15 is 0 Å². The van der Waals surface area contributed by atoms with Crippen molar-refractivity contribution in [3.63, 3.8) is 0 Å². The molecule has 1 unspecified atom stereocenters. The molecule has 0 radical (unpaired) electrons. The second kappa shape index (κ2) is 9.06. The molecule has 1 atom stereocenters. The highest BCUT2D eigenvalue weighted by Gasteiger charge is 2.27. The summed E-state index contributed by atoms with van der Waals surface area (Å²) in [7, 11) is 1.48. The quantitative estimate of drug-likeness (QED) is 0.742. The van der Waals surface area contributed by atoms with Crippen molar-refractivity contribution >= 4 is 5.78 Å². The molecule has 2 aromatic rings. The van der Waals surface area contributed by atoms with Crippen molar-refractivity contribution in [3.05, 3.63) is 58.0 Å². The highest BCUT2D eigenvalue weighted by molar-refractivity contribution is 5.98. The lowest BCUT2D eigenvalue weighted by molar-refractivity contribution is 0.0809. The molecule has 1 aromatic heterocycles. The maximum absolute atomic E-state index is 13.0. The fourth-order valence-corrected chi connectivity index (χ4v) is 3.64. The van der Waals surface area contributed by atoms with Gasteiger partial charge in [-0.05, 0) is 45.4 Å². The van der Waals surface area contributed by atoms with Crippen LogP contribution in [0.2, 0.25) is 0 Å². The number of H-pyrrole nitrogens is 1. The Bertz CT molecular complexity index is 875. The van der Waals surface area contributed by atoms with Crippen molar-refractivity contribution in [3.8, 4) is 11.5 Å². The standard InChI is InChI=1S/C22H28N2O4/c1-15(2)28-19-8-4-6-16(10-19)22(26)17-7-5-9-24(13-17)14-18-11-20(25)21(27-3)12-23-18/h4,6,8,10-12,15,17H,5,7,9,13-14H2,1-3H3,(H,23,25). The van der Waals surface area contributed by atoms with E-state index < -0.39 is 0 Å². The number of piperidine rings is 1. The number of hydrogen-bond donors (Lipinski definition) is 1. The van der Waals surface area contributed by atoms with E-state index in [0.29, 0.717) is 24.4 Å². The summed E-state index contributed by atoms with van der Waals surface area (Å²) in [5, 5.41) is 0. The molecule has 0 amide bonds. The number of likely N-dealkylation sites (tertiary alicyclic amines) is 1. The van der Waals surface area contributed by atoms with Crippen LogP contribution in [-0.2, 0) is 6.54 Å². The lowest BCUT2D eigenvalue weighted by atomic mass is 9.90. The molecule has 28 heavy (non-hydrogen) atoms. The van der Waals surface area contributed by atoms with Crippen molar-refractivity contribution in [2.75, 3.05) is 20.2 Å². The van der Waals surface area contributed by atoms with Gasteiger partial charge < -0.3 is 14.5 Å². The molecule has 6 nitrogen and oxygen atoms in total. The molecular formula is C22H28N2O4. The third-order valence-corrected chi connectivity index (χ3v) is 4.92. The maximum atomic E-state index is 13.0. The number of pyridine rings is 1. The van der Waals surface area contributed by atoms with E-state index in [4.69, 9.17) is 9.47 Å². The van der Waals surface area contributed by atoms with Crippen LogP contribution in [0.25, 0.3) is 0 Å². The Balaban J connectivity index is 1.66. The van der Waals surface area contributed by atoms with Gasteiger partial charge >= 0.3 is 0 Å². The van der Waals surface area contributed by atoms with Crippen molar-refractivity contribution in [2.24, 2.45) is 5.92 Å². The number of ketones is 1. The Labute approximate surface area is 165 Å². The first kappa shape index (κ1) is 20.1. The van der Waals surface area contributed by atoms with Gasteiger partial charge in [0, 0.05) is 42.5 Å². The van der Waals surface area contributed by atoms with E-state index in [9.17, 15) is 9.59 Å². The third-order valence-electron chi connectivity index (χ3n) is 4.92. The van der Waals surface area contributed by atoms with Crippen LogP contribution in [0.3, 0.4) is 0 Å². The fourth-order valence-electron chi connectivity index (χ4n) is 3.64. The van der Waals surface area contributed by atoms with Gasteiger partial charge in [-0.1, -0.05) is 12.1 Å². The summed E-state index contributed by atoms with van der Waals surface area (Å²) in [6, 6.07) is 9.01. The molecule has 1 aromatic carbocycles. The predicted octanol–water partition coefficient (Wildman–Crippen LogP) is 3.27. The Hall–Kier alpha value is -2.60. The molecule has 3 rings (SSSR count). The SMILES string of the molecule is COc1c[nH]c(CN2CCCC(C(=O)c3cccc(OC(C)C)c3)C2)cc1=O. The fraction of sp³-hybridized carbons (Fsp3) is 0.455. The number of Topliss-reactive ketones (excluding diaryl/α,β-unsaturated/α-hetero) is 1. The molecule has 1 aliphatic heterocycles. The van der Waals surface area contributed by atoms with Gasteiger partial charge in [0.05, 0.1) is 13.2 Å². The van der Waals surface area contributed by atoms with Crippen LogP contribution in [-0.4, -0.2) is 42.0 Å². The Morgan fingerprint density at radius 1 is 1.32 bits per heavy atom. The van der Waals surface area contributed by atoms with Crippen LogP contribution in [0.4, 0.5) is 0 Å². The van der Waals surface area contributed by atoms with Crippen LogP contribution >= 0.6 is 0 Å². The molecule has 1 aliphatic rings. The lowest BCUT2D eigenvalue weighted by Gasteiger charge is -2.32. The second-order valence-electron chi connectivity index (χ2n) is 7.52. The minimum Gasteiger partial charge on any atom is -0.491 e. The van der Waals surface area contributed by atoms with Gasteiger partial charge in [-0.3, -0.25) is 14.5 Å². The van der Waals surface area contributed by atoms with Crippen LogP contribution in [0.5, 0.6) is 11.5 Å². The zero-order valence-electron chi connectivity index (χ0n) is 16.7. The van der Waals surface area contributed by atoms with E-state index in [1.165, 1.54) is 7.11 Å². The van der Waals surface area contributed by atoms with Crippen LogP contribution in [0.15, 0.2) is 41.3 Å². The molecular weight excluding hydrogens is 356 g/mol. The number of rotatable bonds is 7. The lowest BCUT2D eigenvalue weighted by Crippen LogP contribution is -2.38.